The summed E-state index contributed by atoms with van der Waals surface area (Å²) in [6, 6.07) is 1.98. The minimum Gasteiger partial charge on any atom is -0.324 e. The molecule has 1 saturated heterocycles. The summed E-state index contributed by atoms with van der Waals surface area (Å²) in [5, 5.41) is 5.11. The lowest BCUT2D eigenvalue weighted by Gasteiger charge is -2.42. The van der Waals surface area contributed by atoms with Crippen LogP contribution in [-0.4, -0.2) is 34.8 Å². The third-order valence-electron chi connectivity index (χ3n) is 5.43. The molecule has 1 saturated carbocycles. The Morgan fingerprint density at radius 2 is 1.77 bits per heavy atom. The fourth-order valence-electron chi connectivity index (χ4n) is 4.07. The molecule has 1 aliphatic heterocycles. The number of halogens is 2. The third kappa shape index (κ3) is 3.04. The smallest absolute Gasteiger partial charge is 0.324 e. The van der Waals surface area contributed by atoms with E-state index in [2.05, 4.69) is 10.6 Å². The molecule has 2 atom stereocenters. The average Bonchev–Trinajstić information content (AvgIpc) is 2.77. The normalized spacial score (nSPS) is 24.7. The molecule has 8 heteroatoms. The van der Waals surface area contributed by atoms with Crippen LogP contribution >= 0.6 is 0 Å². The fourth-order valence-corrected chi connectivity index (χ4v) is 4.07. The number of nitrogens with zero attached hydrogens (tertiary/aromatic N) is 1. The van der Waals surface area contributed by atoms with Crippen molar-refractivity contribution in [3.8, 4) is 0 Å². The zero-order valence-electron chi connectivity index (χ0n) is 14.6. The van der Waals surface area contributed by atoms with Gasteiger partial charge >= 0.3 is 6.03 Å². The maximum atomic E-state index is 13.2. The van der Waals surface area contributed by atoms with Gasteiger partial charge in [-0.05, 0) is 36.8 Å². The van der Waals surface area contributed by atoms with Gasteiger partial charge in [0.25, 0.3) is 5.91 Å². The summed E-state index contributed by atoms with van der Waals surface area (Å²) in [5.41, 5.74) is -1.06. The molecule has 6 nitrogen and oxygen atoms in total. The van der Waals surface area contributed by atoms with Gasteiger partial charge < -0.3 is 10.6 Å². The summed E-state index contributed by atoms with van der Waals surface area (Å²) in [6.45, 7) is 3.34. The minimum atomic E-state index is -0.986. The minimum absolute atomic E-state index is 0.0342. The Morgan fingerprint density at radius 1 is 1.19 bits per heavy atom. The lowest BCUT2D eigenvalue weighted by Crippen LogP contribution is -2.59. The van der Waals surface area contributed by atoms with E-state index >= 15 is 0 Å². The zero-order chi connectivity index (χ0) is 19.1. The van der Waals surface area contributed by atoms with Crippen LogP contribution in [0.5, 0.6) is 0 Å². The average molecular weight is 365 g/mol. The van der Waals surface area contributed by atoms with Crippen LogP contribution in [0.3, 0.4) is 0 Å². The third-order valence-corrected chi connectivity index (χ3v) is 5.43. The SMILES string of the molecule is C[C@H]1CCC[C@H](C)C12NC(=O)N(CC(=O)Nc1cc(F)cc(F)c1)C2=O. The fraction of sp³-hybridized carbons (Fsp3) is 0.500. The van der Waals surface area contributed by atoms with E-state index in [0.29, 0.717) is 6.07 Å². The summed E-state index contributed by atoms with van der Waals surface area (Å²) >= 11 is 0. The second kappa shape index (κ2) is 6.66. The Bertz CT molecular complexity index is 738. The second-order valence-corrected chi connectivity index (χ2v) is 7.13. The maximum Gasteiger partial charge on any atom is 0.325 e. The highest BCUT2D eigenvalue weighted by molar-refractivity contribution is 6.10. The molecule has 2 aliphatic rings. The maximum absolute atomic E-state index is 13.2. The molecule has 140 valence electrons. The summed E-state index contributed by atoms with van der Waals surface area (Å²) in [5.74, 6) is -2.85. The van der Waals surface area contributed by atoms with E-state index in [9.17, 15) is 23.2 Å². The highest BCUT2D eigenvalue weighted by Crippen LogP contribution is 2.42. The van der Waals surface area contributed by atoms with Crippen molar-refractivity contribution in [1.29, 1.82) is 0 Å². The van der Waals surface area contributed by atoms with Crippen LogP contribution in [0, 0.1) is 23.5 Å². The first-order valence-corrected chi connectivity index (χ1v) is 8.64. The molecule has 1 aromatic carbocycles. The second-order valence-electron chi connectivity index (χ2n) is 7.13. The molecule has 1 aliphatic carbocycles. The van der Waals surface area contributed by atoms with E-state index in [0.717, 1.165) is 36.3 Å². The number of anilines is 1. The molecular formula is C18H21F2N3O3. The monoisotopic (exact) mass is 365 g/mol. The number of hydrogen-bond donors (Lipinski definition) is 2. The summed E-state index contributed by atoms with van der Waals surface area (Å²) in [4.78, 5) is 38.4. The number of benzene rings is 1. The first-order chi connectivity index (χ1) is 12.2. The number of amides is 4. The molecule has 1 aromatic rings. The molecule has 2 N–H and O–H groups in total. The van der Waals surface area contributed by atoms with Gasteiger partial charge in [0.2, 0.25) is 5.91 Å². The van der Waals surface area contributed by atoms with Crippen LogP contribution in [0.25, 0.3) is 0 Å². The molecule has 0 unspecified atom stereocenters. The van der Waals surface area contributed by atoms with Gasteiger partial charge in [0.05, 0.1) is 0 Å². The summed E-state index contributed by atoms with van der Waals surface area (Å²) < 4.78 is 26.4. The van der Waals surface area contributed by atoms with E-state index in [-0.39, 0.29) is 17.5 Å². The molecule has 1 heterocycles. The Balaban J connectivity index is 1.74. The molecule has 0 radical (unpaired) electrons. The van der Waals surface area contributed by atoms with Crippen molar-refractivity contribution in [3.63, 3.8) is 0 Å². The van der Waals surface area contributed by atoms with E-state index in [1.54, 1.807) is 0 Å². The Kier molecular flexibility index (Phi) is 4.68. The summed E-state index contributed by atoms with van der Waals surface area (Å²) in [6.07, 6.45) is 2.62. The van der Waals surface area contributed by atoms with Gasteiger partial charge in [-0.3, -0.25) is 14.5 Å². The topological polar surface area (TPSA) is 78.5 Å². The zero-order valence-corrected chi connectivity index (χ0v) is 14.6. The van der Waals surface area contributed by atoms with Gasteiger partial charge in [0, 0.05) is 11.8 Å². The van der Waals surface area contributed by atoms with E-state index in [1.807, 2.05) is 13.8 Å². The molecule has 4 amide bonds. The number of imide groups is 1. The summed E-state index contributed by atoms with van der Waals surface area (Å²) in [7, 11) is 0. The molecule has 3 rings (SSSR count). The molecule has 26 heavy (non-hydrogen) atoms. The molecular weight excluding hydrogens is 344 g/mol. The Morgan fingerprint density at radius 3 is 2.35 bits per heavy atom. The van der Waals surface area contributed by atoms with Crippen molar-refractivity contribution in [2.24, 2.45) is 11.8 Å². The van der Waals surface area contributed by atoms with Crippen molar-refractivity contribution in [1.82, 2.24) is 10.2 Å². The first kappa shape index (κ1) is 18.3. The van der Waals surface area contributed by atoms with Crippen LogP contribution in [0.15, 0.2) is 18.2 Å². The van der Waals surface area contributed by atoms with Gasteiger partial charge in [-0.15, -0.1) is 0 Å². The number of carbonyl (C=O) groups excluding carboxylic acids is 3. The van der Waals surface area contributed by atoms with E-state index in [1.165, 1.54) is 0 Å². The highest BCUT2D eigenvalue weighted by atomic mass is 19.1. The van der Waals surface area contributed by atoms with Crippen LogP contribution in [0.1, 0.15) is 33.1 Å². The number of carbonyl (C=O) groups is 3. The molecule has 0 bridgehead atoms. The largest absolute Gasteiger partial charge is 0.325 e. The van der Waals surface area contributed by atoms with Crippen molar-refractivity contribution < 1.29 is 23.2 Å². The van der Waals surface area contributed by atoms with Crippen molar-refractivity contribution in [2.45, 2.75) is 38.6 Å². The van der Waals surface area contributed by atoms with Gasteiger partial charge in [-0.2, -0.15) is 0 Å². The predicted molar refractivity (Wildman–Crippen MR) is 90.1 cm³/mol. The van der Waals surface area contributed by atoms with Gasteiger partial charge in [-0.25, -0.2) is 13.6 Å². The molecule has 2 fully saturated rings. The Hall–Kier alpha value is -2.51. The predicted octanol–water partition coefficient (Wildman–Crippen LogP) is 2.65. The van der Waals surface area contributed by atoms with Crippen molar-refractivity contribution in [2.75, 3.05) is 11.9 Å². The quantitative estimate of drug-likeness (QED) is 0.809. The van der Waals surface area contributed by atoms with E-state index < -0.39 is 41.6 Å². The van der Waals surface area contributed by atoms with Gasteiger partial charge in [0.15, 0.2) is 0 Å². The molecule has 1 spiro atoms. The number of rotatable bonds is 3. The van der Waals surface area contributed by atoms with Crippen LogP contribution in [-0.2, 0) is 9.59 Å². The lowest BCUT2D eigenvalue weighted by atomic mass is 9.67. The highest BCUT2D eigenvalue weighted by Gasteiger charge is 2.58. The van der Waals surface area contributed by atoms with Crippen LogP contribution in [0.4, 0.5) is 19.3 Å². The van der Waals surface area contributed by atoms with Crippen molar-refractivity contribution >= 4 is 23.5 Å². The van der Waals surface area contributed by atoms with Gasteiger partial charge in [-0.1, -0.05) is 20.3 Å². The lowest BCUT2D eigenvalue weighted by molar-refractivity contribution is -0.138. The first-order valence-electron chi connectivity index (χ1n) is 8.64. The number of urea groups is 1. The standard InChI is InChI=1S/C18H21F2N3O3/c1-10-4-3-5-11(2)18(10)16(25)23(17(26)22-18)9-15(24)21-14-7-12(19)6-13(20)8-14/h6-8,10-11H,3-5,9H2,1-2H3,(H,21,24)(H,22,26)/t10-,11-/m0/s1. The van der Waals surface area contributed by atoms with E-state index in [4.69, 9.17) is 0 Å². The number of hydrogen-bond acceptors (Lipinski definition) is 3. The van der Waals surface area contributed by atoms with Crippen LogP contribution < -0.4 is 10.6 Å². The number of nitrogens with one attached hydrogen (secondary N) is 2. The van der Waals surface area contributed by atoms with Gasteiger partial charge in [0.1, 0.15) is 23.7 Å². The molecule has 0 aromatic heterocycles. The Labute approximate surface area is 149 Å². The van der Waals surface area contributed by atoms with Crippen molar-refractivity contribution in [3.05, 3.63) is 29.8 Å². The van der Waals surface area contributed by atoms with Crippen LogP contribution in [0.2, 0.25) is 0 Å².